The molecule has 2 N–H and O–H groups in total. The second-order valence-electron chi connectivity index (χ2n) is 5.01. The Morgan fingerprint density at radius 1 is 1.29 bits per heavy atom. The molecule has 1 amide bonds. The standard InChI is InChI=1S/C15H22ClNO4/c1-15(2,21-13-6-4-12(16)5-7-13)14(19)17-8-3-10-20-11-9-18/h4-7,18H,3,8-11H2,1-2H3,(H,17,19). The van der Waals surface area contributed by atoms with E-state index in [2.05, 4.69) is 5.32 Å². The van der Waals surface area contributed by atoms with Crippen LogP contribution in [0.1, 0.15) is 20.3 Å². The van der Waals surface area contributed by atoms with E-state index in [-0.39, 0.29) is 12.5 Å². The number of rotatable bonds is 9. The van der Waals surface area contributed by atoms with Crippen LogP contribution in [0.15, 0.2) is 24.3 Å². The molecule has 0 spiro atoms. The first kappa shape index (κ1) is 17.8. The minimum Gasteiger partial charge on any atom is -0.478 e. The first-order valence-electron chi connectivity index (χ1n) is 6.87. The molecule has 0 aliphatic heterocycles. The molecule has 0 unspecified atom stereocenters. The molecule has 1 rings (SSSR count). The van der Waals surface area contributed by atoms with Crippen LogP contribution in [0, 0.1) is 0 Å². The van der Waals surface area contributed by atoms with Crippen LogP contribution in [0.2, 0.25) is 5.02 Å². The Morgan fingerprint density at radius 2 is 1.95 bits per heavy atom. The van der Waals surface area contributed by atoms with E-state index in [1.54, 1.807) is 38.1 Å². The van der Waals surface area contributed by atoms with E-state index in [9.17, 15) is 4.79 Å². The molecule has 1 aromatic rings. The number of hydrogen-bond acceptors (Lipinski definition) is 4. The van der Waals surface area contributed by atoms with Gasteiger partial charge < -0.3 is 19.9 Å². The maximum absolute atomic E-state index is 12.1. The fourth-order valence-corrected chi connectivity index (χ4v) is 1.73. The van der Waals surface area contributed by atoms with Gasteiger partial charge in [0.25, 0.3) is 5.91 Å². The van der Waals surface area contributed by atoms with E-state index in [1.807, 2.05) is 0 Å². The predicted molar refractivity (Wildman–Crippen MR) is 81.7 cm³/mol. The Bertz CT molecular complexity index is 434. The van der Waals surface area contributed by atoms with Crippen molar-refractivity contribution in [3.05, 3.63) is 29.3 Å². The van der Waals surface area contributed by atoms with Crippen molar-refractivity contribution >= 4 is 17.5 Å². The largest absolute Gasteiger partial charge is 0.478 e. The van der Waals surface area contributed by atoms with Crippen molar-refractivity contribution in [1.29, 1.82) is 0 Å². The quantitative estimate of drug-likeness (QED) is 0.684. The van der Waals surface area contributed by atoms with Crippen molar-refractivity contribution in [3.8, 4) is 5.75 Å². The molecule has 1 aromatic carbocycles. The molecule has 0 atom stereocenters. The summed E-state index contributed by atoms with van der Waals surface area (Å²) in [6, 6.07) is 6.87. The zero-order valence-electron chi connectivity index (χ0n) is 12.4. The monoisotopic (exact) mass is 315 g/mol. The molecule has 21 heavy (non-hydrogen) atoms. The third-order valence-corrected chi connectivity index (χ3v) is 2.97. The van der Waals surface area contributed by atoms with Gasteiger partial charge in [0.15, 0.2) is 5.60 Å². The van der Waals surface area contributed by atoms with Gasteiger partial charge in [-0.15, -0.1) is 0 Å². The molecule has 0 fully saturated rings. The summed E-state index contributed by atoms with van der Waals surface area (Å²) in [6.45, 7) is 4.74. The first-order chi connectivity index (χ1) is 9.95. The summed E-state index contributed by atoms with van der Waals surface area (Å²) in [5.41, 5.74) is -0.972. The van der Waals surface area contributed by atoms with Crippen molar-refractivity contribution < 1.29 is 19.4 Å². The second kappa shape index (κ2) is 8.87. The van der Waals surface area contributed by atoms with Crippen LogP contribution in [0.4, 0.5) is 0 Å². The van der Waals surface area contributed by atoms with Gasteiger partial charge in [-0.2, -0.15) is 0 Å². The Kier molecular flexibility index (Phi) is 7.50. The average molecular weight is 316 g/mol. The van der Waals surface area contributed by atoms with Crippen LogP contribution in [-0.2, 0) is 9.53 Å². The highest BCUT2D eigenvalue weighted by molar-refractivity contribution is 6.30. The SMILES string of the molecule is CC(C)(Oc1ccc(Cl)cc1)C(=O)NCCCOCCO. The zero-order valence-corrected chi connectivity index (χ0v) is 13.2. The van der Waals surface area contributed by atoms with E-state index in [4.69, 9.17) is 26.2 Å². The highest BCUT2D eigenvalue weighted by Crippen LogP contribution is 2.20. The summed E-state index contributed by atoms with van der Waals surface area (Å²) in [5.74, 6) is 0.394. The number of ether oxygens (including phenoxy) is 2. The van der Waals surface area contributed by atoms with Crippen molar-refractivity contribution in [2.75, 3.05) is 26.4 Å². The van der Waals surface area contributed by atoms with Crippen molar-refractivity contribution in [2.45, 2.75) is 25.9 Å². The van der Waals surface area contributed by atoms with Gasteiger partial charge in [-0.3, -0.25) is 4.79 Å². The van der Waals surface area contributed by atoms with Gasteiger partial charge >= 0.3 is 0 Å². The molecule has 0 aliphatic carbocycles. The maximum atomic E-state index is 12.1. The molecular weight excluding hydrogens is 294 g/mol. The third-order valence-electron chi connectivity index (χ3n) is 2.72. The van der Waals surface area contributed by atoms with Crippen LogP contribution >= 0.6 is 11.6 Å². The lowest BCUT2D eigenvalue weighted by Crippen LogP contribution is -2.46. The minimum atomic E-state index is -0.972. The molecule has 0 heterocycles. The van der Waals surface area contributed by atoms with Gasteiger partial charge in [0.05, 0.1) is 13.2 Å². The maximum Gasteiger partial charge on any atom is 0.263 e. The van der Waals surface area contributed by atoms with Crippen molar-refractivity contribution in [3.63, 3.8) is 0 Å². The van der Waals surface area contributed by atoms with Crippen LogP contribution in [0.25, 0.3) is 0 Å². The van der Waals surface area contributed by atoms with E-state index in [0.717, 1.165) is 0 Å². The van der Waals surface area contributed by atoms with Gasteiger partial charge in [-0.1, -0.05) is 11.6 Å². The molecule has 5 nitrogen and oxygen atoms in total. The number of nitrogens with one attached hydrogen (secondary N) is 1. The summed E-state index contributed by atoms with van der Waals surface area (Å²) < 4.78 is 10.8. The van der Waals surface area contributed by atoms with Crippen LogP contribution in [0.5, 0.6) is 5.75 Å². The van der Waals surface area contributed by atoms with Gasteiger partial charge in [0, 0.05) is 18.2 Å². The highest BCUT2D eigenvalue weighted by Gasteiger charge is 2.29. The summed E-state index contributed by atoms with van der Waals surface area (Å²) >= 11 is 5.80. The third kappa shape index (κ3) is 6.80. The molecule has 6 heteroatoms. The minimum absolute atomic E-state index is 0.00826. The Labute approximate surface area is 130 Å². The lowest BCUT2D eigenvalue weighted by molar-refractivity contribution is -0.134. The number of benzene rings is 1. The second-order valence-corrected chi connectivity index (χ2v) is 5.45. The van der Waals surface area contributed by atoms with Crippen molar-refractivity contribution in [1.82, 2.24) is 5.32 Å². The molecule has 0 aromatic heterocycles. The van der Waals surface area contributed by atoms with Gasteiger partial charge in [-0.05, 0) is 44.5 Å². The lowest BCUT2D eigenvalue weighted by atomic mass is 10.1. The topological polar surface area (TPSA) is 67.8 Å². The summed E-state index contributed by atoms with van der Waals surface area (Å²) in [4.78, 5) is 12.1. The van der Waals surface area contributed by atoms with Crippen LogP contribution < -0.4 is 10.1 Å². The average Bonchev–Trinajstić information content (AvgIpc) is 2.44. The number of aliphatic hydroxyl groups excluding tert-OH is 1. The number of hydrogen-bond donors (Lipinski definition) is 2. The number of amides is 1. The molecule has 0 bridgehead atoms. The molecule has 0 saturated heterocycles. The van der Waals surface area contributed by atoms with E-state index in [0.29, 0.717) is 37.0 Å². The lowest BCUT2D eigenvalue weighted by Gasteiger charge is -2.25. The molecular formula is C15H22ClNO4. The molecule has 0 aliphatic rings. The Morgan fingerprint density at radius 3 is 2.57 bits per heavy atom. The smallest absolute Gasteiger partial charge is 0.263 e. The van der Waals surface area contributed by atoms with Crippen LogP contribution in [0.3, 0.4) is 0 Å². The number of carbonyl (C=O) groups is 1. The number of aliphatic hydroxyl groups is 1. The number of carbonyl (C=O) groups excluding carboxylic acids is 1. The summed E-state index contributed by atoms with van der Waals surface area (Å²) in [6.07, 6.45) is 0.683. The van der Waals surface area contributed by atoms with Gasteiger partial charge in [-0.25, -0.2) is 0 Å². The molecule has 0 radical (unpaired) electrons. The fourth-order valence-electron chi connectivity index (χ4n) is 1.60. The molecule has 118 valence electrons. The van der Waals surface area contributed by atoms with Gasteiger partial charge in [0.2, 0.25) is 0 Å². The van der Waals surface area contributed by atoms with Crippen molar-refractivity contribution in [2.24, 2.45) is 0 Å². The predicted octanol–water partition coefficient (Wildman–Crippen LogP) is 2.01. The Hall–Kier alpha value is -1.30. The fraction of sp³-hybridized carbons (Fsp3) is 0.533. The normalized spacial score (nSPS) is 11.2. The highest BCUT2D eigenvalue weighted by atomic mass is 35.5. The van der Waals surface area contributed by atoms with E-state index < -0.39 is 5.60 Å². The van der Waals surface area contributed by atoms with E-state index >= 15 is 0 Å². The zero-order chi connectivity index (χ0) is 15.7. The van der Waals surface area contributed by atoms with E-state index in [1.165, 1.54) is 0 Å². The Balaban J connectivity index is 2.35. The summed E-state index contributed by atoms with van der Waals surface area (Å²) in [7, 11) is 0. The summed E-state index contributed by atoms with van der Waals surface area (Å²) in [5, 5.41) is 12.0. The first-order valence-corrected chi connectivity index (χ1v) is 7.25. The van der Waals surface area contributed by atoms with Crippen LogP contribution in [-0.4, -0.2) is 43.0 Å². The molecule has 0 saturated carbocycles. The number of halogens is 1. The van der Waals surface area contributed by atoms with Gasteiger partial charge in [0.1, 0.15) is 5.75 Å².